The van der Waals surface area contributed by atoms with E-state index in [9.17, 15) is 9.18 Å². The third kappa shape index (κ3) is 4.44. The molecule has 8 nitrogen and oxygen atoms in total. The van der Waals surface area contributed by atoms with E-state index in [1.165, 1.54) is 24.5 Å². The molecule has 1 aliphatic rings. The number of hydrogen-bond donors (Lipinski definition) is 0. The number of carbonyl (C=O) groups is 1. The molecule has 0 atom stereocenters. The van der Waals surface area contributed by atoms with Gasteiger partial charge < -0.3 is 14.4 Å². The Morgan fingerprint density at radius 1 is 1.22 bits per heavy atom. The van der Waals surface area contributed by atoms with Crippen molar-refractivity contribution in [3.8, 4) is 23.2 Å². The van der Waals surface area contributed by atoms with Crippen molar-refractivity contribution in [2.75, 3.05) is 13.1 Å². The number of nitriles is 1. The minimum absolute atomic E-state index is 0.125. The van der Waals surface area contributed by atoms with Crippen molar-refractivity contribution in [3.05, 3.63) is 48.2 Å². The van der Waals surface area contributed by atoms with Gasteiger partial charge in [0.05, 0.1) is 28.8 Å². The summed E-state index contributed by atoms with van der Waals surface area (Å²) in [7, 11) is 0. The van der Waals surface area contributed by atoms with Crippen molar-refractivity contribution in [3.63, 3.8) is 0 Å². The predicted molar refractivity (Wildman–Crippen MR) is 114 cm³/mol. The zero-order valence-electron chi connectivity index (χ0n) is 17.8. The number of fused-ring (bicyclic) bond motifs is 1. The number of aromatic nitrogens is 3. The fraction of sp³-hybridized carbons (Fsp3) is 0.348. The Labute approximate surface area is 184 Å². The molecule has 4 rings (SSSR count). The summed E-state index contributed by atoms with van der Waals surface area (Å²) in [5, 5.41) is 9.59. The van der Waals surface area contributed by atoms with Gasteiger partial charge in [0.25, 0.3) is 0 Å². The first-order valence-electron chi connectivity index (χ1n) is 10.4. The van der Waals surface area contributed by atoms with E-state index in [0.717, 1.165) is 0 Å². The molecule has 3 heterocycles. The van der Waals surface area contributed by atoms with E-state index in [4.69, 9.17) is 14.7 Å². The van der Waals surface area contributed by atoms with Crippen LogP contribution in [0.4, 0.5) is 9.18 Å². The van der Waals surface area contributed by atoms with E-state index >= 15 is 0 Å². The molecule has 1 saturated heterocycles. The van der Waals surface area contributed by atoms with E-state index in [2.05, 4.69) is 15.0 Å². The van der Waals surface area contributed by atoms with Gasteiger partial charge in [-0.1, -0.05) is 0 Å². The Morgan fingerprint density at radius 3 is 2.69 bits per heavy atom. The number of halogens is 1. The van der Waals surface area contributed by atoms with E-state index in [1.807, 2.05) is 19.9 Å². The van der Waals surface area contributed by atoms with Crippen LogP contribution in [-0.4, -0.2) is 51.2 Å². The zero-order chi connectivity index (χ0) is 22.7. The lowest BCUT2D eigenvalue weighted by Crippen LogP contribution is -2.42. The van der Waals surface area contributed by atoms with Gasteiger partial charge in [-0.05, 0) is 38.1 Å². The third-order valence-electron chi connectivity index (χ3n) is 5.18. The summed E-state index contributed by atoms with van der Waals surface area (Å²) in [4.78, 5) is 26.6. The summed E-state index contributed by atoms with van der Waals surface area (Å²) >= 11 is 0. The van der Waals surface area contributed by atoms with Crippen molar-refractivity contribution in [2.24, 2.45) is 0 Å². The quantitative estimate of drug-likeness (QED) is 0.608. The highest BCUT2D eigenvalue weighted by Crippen LogP contribution is 2.32. The van der Waals surface area contributed by atoms with E-state index in [1.54, 1.807) is 17.2 Å². The summed E-state index contributed by atoms with van der Waals surface area (Å²) in [6.45, 7) is 4.70. The van der Waals surface area contributed by atoms with Crippen LogP contribution in [0.2, 0.25) is 0 Å². The Balaban J connectivity index is 1.55. The van der Waals surface area contributed by atoms with Crippen molar-refractivity contribution in [1.29, 1.82) is 5.26 Å². The van der Waals surface area contributed by atoms with Crippen molar-refractivity contribution in [2.45, 2.75) is 38.9 Å². The van der Waals surface area contributed by atoms with Crippen molar-refractivity contribution < 1.29 is 18.7 Å². The molecule has 1 aromatic carbocycles. The number of hydrogen-bond acceptors (Lipinski definition) is 7. The predicted octanol–water partition coefficient (Wildman–Crippen LogP) is 4.09. The number of benzene rings is 1. The second-order valence-corrected chi connectivity index (χ2v) is 7.78. The van der Waals surface area contributed by atoms with Gasteiger partial charge in [-0.15, -0.1) is 0 Å². The topological polar surface area (TPSA) is 101 Å². The maximum atomic E-state index is 14.6. The Kier molecular flexibility index (Phi) is 6.12. The Hall–Kier alpha value is -3.80. The highest BCUT2D eigenvalue weighted by molar-refractivity contribution is 5.94. The Bertz CT molecular complexity index is 1190. The van der Waals surface area contributed by atoms with Gasteiger partial charge in [-0.25, -0.2) is 19.2 Å². The first-order valence-corrected chi connectivity index (χ1v) is 10.4. The largest absolute Gasteiger partial charge is 0.474 e. The number of piperidine rings is 1. The molecule has 3 aromatic rings. The van der Waals surface area contributed by atoms with Gasteiger partial charge in [-0.2, -0.15) is 5.26 Å². The van der Waals surface area contributed by atoms with E-state index in [0.29, 0.717) is 48.4 Å². The van der Waals surface area contributed by atoms with Crippen LogP contribution in [0, 0.1) is 17.1 Å². The normalized spacial score (nSPS) is 14.4. The lowest BCUT2D eigenvalue weighted by molar-refractivity contribution is 0.0511. The molecule has 32 heavy (non-hydrogen) atoms. The maximum absolute atomic E-state index is 14.6. The van der Waals surface area contributed by atoms with Gasteiger partial charge in [-0.3, -0.25) is 4.98 Å². The first kappa shape index (κ1) is 21.4. The molecule has 1 fully saturated rings. The molecule has 164 valence electrons. The highest BCUT2D eigenvalue weighted by Gasteiger charge is 2.26. The summed E-state index contributed by atoms with van der Waals surface area (Å²) in [5.74, 6) is -0.165. The lowest BCUT2D eigenvalue weighted by Gasteiger charge is -2.31. The molecule has 0 radical (unpaired) electrons. The van der Waals surface area contributed by atoms with E-state index in [-0.39, 0.29) is 29.4 Å². The van der Waals surface area contributed by atoms with Crippen LogP contribution in [0.25, 0.3) is 22.2 Å². The van der Waals surface area contributed by atoms with Crippen LogP contribution in [0.3, 0.4) is 0 Å². The number of nitrogens with zero attached hydrogens (tertiary/aromatic N) is 5. The second-order valence-electron chi connectivity index (χ2n) is 7.78. The molecule has 0 bridgehead atoms. The van der Waals surface area contributed by atoms with Gasteiger partial charge >= 0.3 is 6.09 Å². The lowest BCUT2D eigenvalue weighted by atomic mass is 10.1. The zero-order valence-corrected chi connectivity index (χ0v) is 17.8. The van der Waals surface area contributed by atoms with Crippen molar-refractivity contribution in [1.82, 2.24) is 19.9 Å². The second kappa shape index (κ2) is 9.14. The summed E-state index contributed by atoms with van der Waals surface area (Å²) in [6, 6.07) is 7.87. The minimum Gasteiger partial charge on any atom is -0.474 e. The SMILES string of the molecule is CC(C)OC(=O)N1CCC(Oc2ncnc3c(-c4ccc(C#N)cc4F)nccc23)CC1. The fourth-order valence-corrected chi connectivity index (χ4v) is 3.62. The first-order chi connectivity index (χ1) is 15.5. The van der Waals surface area contributed by atoms with Gasteiger partial charge in [0.15, 0.2) is 0 Å². The molecular weight excluding hydrogens is 413 g/mol. The molecule has 0 saturated carbocycles. The molecule has 2 aromatic heterocycles. The number of pyridine rings is 1. The molecule has 1 aliphatic heterocycles. The van der Waals surface area contributed by atoms with Crippen LogP contribution in [0.5, 0.6) is 5.88 Å². The average molecular weight is 435 g/mol. The number of rotatable bonds is 4. The monoisotopic (exact) mass is 435 g/mol. The molecule has 0 spiro atoms. The maximum Gasteiger partial charge on any atom is 0.410 e. The number of likely N-dealkylation sites (tertiary alicyclic amines) is 1. The summed E-state index contributed by atoms with van der Waals surface area (Å²) in [6.07, 6.45) is 3.59. The standard InChI is InChI=1S/C23H22FN5O3/c1-14(2)31-23(30)29-9-6-16(7-10-29)32-22-18-5-8-26-20(21(18)27-13-28-22)17-4-3-15(12-25)11-19(17)24/h3-5,8,11,13-14,16H,6-7,9-10H2,1-2H3. The number of carbonyl (C=O) groups excluding carboxylic acids is 1. The van der Waals surface area contributed by atoms with Crippen LogP contribution in [-0.2, 0) is 4.74 Å². The third-order valence-corrected chi connectivity index (χ3v) is 5.18. The minimum atomic E-state index is -0.550. The van der Waals surface area contributed by atoms with Gasteiger partial charge in [0, 0.05) is 37.7 Å². The number of ether oxygens (including phenoxy) is 2. The Morgan fingerprint density at radius 2 is 2.00 bits per heavy atom. The molecule has 0 unspecified atom stereocenters. The van der Waals surface area contributed by atoms with Crippen LogP contribution in [0.1, 0.15) is 32.3 Å². The highest BCUT2D eigenvalue weighted by atomic mass is 19.1. The molecule has 1 amide bonds. The van der Waals surface area contributed by atoms with Crippen LogP contribution >= 0.6 is 0 Å². The average Bonchev–Trinajstić information content (AvgIpc) is 2.79. The van der Waals surface area contributed by atoms with Gasteiger partial charge in [0.2, 0.25) is 5.88 Å². The molecule has 9 heteroatoms. The molecule has 0 N–H and O–H groups in total. The summed E-state index contributed by atoms with van der Waals surface area (Å²) in [5.41, 5.74) is 1.28. The fourth-order valence-electron chi connectivity index (χ4n) is 3.62. The van der Waals surface area contributed by atoms with Gasteiger partial charge in [0.1, 0.15) is 23.8 Å². The molecule has 0 aliphatic carbocycles. The number of amides is 1. The van der Waals surface area contributed by atoms with E-state index < -0.39 is 5.82 Å². The van der Waals surface area contributed by atoms with Crippen LogP contribution < -0.4 is 4.74 Å². The van der Waals surface area contributed by atoms with Crippen molar-refractivity contribution >= 4 is 17.0 Å². The molecular formula is C23H22FN5O3. The van der Waals surface area contributed by atoms with Crippen LogP contribution in [0.15, 0.2) is 36.8 Å². The smallest absolute Gasteiger partial charge is 0.410 e. The summed E-state index contributed by atoms with van der Waals surface area (Å²) < 4.78 is 26.0.